The van der Waals surface area contributed by atoms with Gasteiger partial charge in [0.15, 0.2) is 0 Å². The molecule has 5 heteroatoms. The first-order valence-corrected chi connectivity index (χ1v) is 6.34. The van der Waals surface area contributed by atoms with Crippen LogP contribution in [0.2, 0.25) is 0 Å². The smallest absolute Gasteiger partial charge is 0.239 e. The molecule has 5 nitrogen and oxygen atoms in total. The van der Waals surface area contributed by atoms with E-state index < -0.39 is 5.41 Å². The first-order chi connectivity index (χ1) is 8.70. The van der Waals surface area contributed by atoms with E-state index in [0.29, 0.717) is 5.76 Å². The number of carbonyl (C=O) groups is 2. The van der Waals surface area contributed by atoms with Crippen molar-refractivity contribution in [1.82, 2.24) is 10.6 Å². The Morgan fingerprint density at radius 1 is 1.32 bits per heavy atom. The summed E-state index contributed by atoms with van der Waals surface area (Å²) in [6.45, 7) is 9.06. The summed E-state index contributed by atoms with van der Waals surface area (Å²) in [6, 6.07) is 3.46. The molecule has 0 radical (unpaired) electrons. The number of furan rings is 1. The largest absolute Gasteiger partial charge is 0.464 e. The third-order valence-electron chi connectivity index (χ3n) is 2.66. The Hall–Kier alpha value is -1.78. The van der Waals surface area contributed by atoms with Crippen LogP contribution in [-0.2, 0) is 9.59 Å². The van der Waals surface area contributed by atoms with Crippen LogP contribution in [0.1, 0.15) is 45.3 Å². The molecule has 0 fully saturated rings. The average Bonchev–Trinajstić information content (AvgIpc) is 2.71. The van der Waals surface area contributed by atoms with Gasteiger partial charge in [-0.3, -0.25) is 9.59 Å². The second-order valence-electron chi connectivity index (χ2n) is 5.67. The second kappa shape index (κ2) is 5.91. The molecule has 1 unspecified atom stereocenters. The number of carbonyl (C=O) groups excluding carboxylic acids is 2. The molecule has 0 spiro atoms. The Labute approximate surface area is 113 Å². The standard InChI is InChI=1S/C14H22N2O3/c1-9-6-7-11(19-9)10(2)16-12(17)8-15-13(18)14(3,4)5/h6-7,10H,8H2,1-5H3,(H,15,18)(H,16,17). The first kappa shape index (κ1) is 15.3. The summed E-state index contributed by atoms with van der Waals surface area (Å²) in [5.41, 5.74) is -0.496. The lowest BCUT2D eigenvalue weighted by molar-refractivity contribution is -0.131. The van der Waals surface area contributed by atoms with Crippen LogP contribution < -0.4 is 10.6 Å². The molecule has 0 saturated heterocycles. The molecule has 106 valence electrons. The van der Waals surface area contributed by atoms with E-state index in [4.69, 9.17) is 4.42 Å². The van der Waals surface area contributed by atoms with Crippen LogP contribution in [-0.4, -0.2) is 18.4 Å². The van der Waals surface area contributed by atoms with E-state index in [0.717, 1.165) is 5.76 Å². The zero-order valence-electron chi connectivity index (χ0n) is 12.2. The zero-order chi connectivity index (χ0) is 14.6. The van der Waals surface area contributed by atoms with Crippen LogP contribution in [0.3, 0.4) is 0 Å². The molecular weight excluding hydrogens is 244 g/mol. The lowest BCUT2D eigenvalue weighted by atomic mass is 9.96. The molecule has 2 amide bonds. The van der Waals surface area contributed by atoms with Gasteiger partial charge in [-0.1, -0.05) is 20.8 Å². The molecule has 19 heavy (non-hydrogen) atoms. The second-order valence-corrected chi connectivity index (χ2v) is 5.67. The highest BCUT2D eigenvalue weighted by Gasteiger charge is 2.21. The normalized spacial score (nSPS) is 12.9. The van der Waals surface area contributed by atoms with E-state index in [2.05, 4.69) is 10.6 Å². The molecule has 0 aliphatic carbocycles. The van der Waals surface area contributed by atoms with Gasteiger partial charge in [0, 0.05) is 5.41 Å². The summed E-state index contributed by atoms with van der Waals surface area (Å²) in [7, 11) is 0. The first-order valence-electron chi connectivity index (χ1n) is 6.34. The van der Waals surface area contributed by atoms with Crippen LogP contribution in [0.5, 0.6) is 0 Å². The van der Waals surface area contributed by atoms with Gasteiger partial charge in [-0.05, 0) is 26.0 Å². The van der Waals surface area contributed by atoms with E-state index in [1.807, 2.05) is 26.0 Å². The molecule has 0 aromatic carbocycles. The van der Waals surface area contributed by atoms with E-state index in [9.17, 15) is 9.59 Å². The predicted octanol–water partition coefficient (Wildman–Crippen LogP) is 1.93. The minimum absolute atomic E-state index is 0.0276. The van der Waals surface area contributed by atoms with Crippen molar-refractivity contribution in [3.8, 4) is 0 Å². The molecule has 2 N–H and O–H groups in total. The average molecular weight is 266 g/mol. The van der Waals surface area contributed by atoms with Crippen LogP contribution in [0.4, 0.5) is 0 Å². The number of nitrogens with one attached hydrogen (secondary N) is 2. The van der Waals surface area contributed by atoms with Crippen LogP contribution in [0.15, 0.2) is 16.5 Å². The van der Waals surface area contributed by atoms with Gasteiger partial charge < -0.3 is 15.1 Å². The molecule has 1 atom stereocenters. The maximum absolute atomic E-state index is 11.7. The van der Waals surface area contributed by atoms with Gasteiger partial charge in [0.1, 0.15) is 11.5 Å². The topological polar surface area (TPSA) is 71.3 Å². The number of hydrogen-bond donors (Lipinski definition) is 2. The Morgan fingerprint density at radius 2 is 1.95 bits per heavy atom. The van der Waals surface area contributed by atoms with Crippen LogP contribution >= 0.6 is 0 Å². The van der Waals surface area contributed by atoms with Gasteiger partial charge in [0.05, 0.1) is 12.6 Å². The monoisotopic (exact) mass is 266 g/mol. The fourth-order valence-electron chi connectivity index (χ4n) is 1.48. The highest BCUT2D eigenvalue weighted by Crippen LogP contribution is 2.15. The lowest BCUT2D eigenvalue weighted by Crippen LogP contribution is -2.42. The van der Waals surface area contributed by atoms with Crippen molar-refractivity contribution in [2.75, 3.05) is 6.54 Å². The van der Waals surface area contributed by atoms with Crippen molar-refractivity contribution in [1.29, 1.82) is 0 Å². The predicted molar refractivity (Wildman–Crippen MR) is 72.5 cm³/mol. The van der Waals surface area contributed by atoms with Crippen LogP contribution in [0.25, 0.3) is 0 Å². The third-order valence-corrected chi connectivity index (χ3v) is 2.66. The number of rotatable bonds is 4. The quantitative estimate of drug-likeness (QED) is 0.874. The van der Waals surface area contributed by atoms with E-state index in [1.165, 1.54) is 0 Å². The molecule has 1 aromatic rings. The van der Waals surface area contributed by atoms with Crippen molar-refractivity contribution in [2.45, 2.75) is 40.7 Å². The summed E-state index contributed by atoms with van der Waals surface area (Å²) in [5.74, 6) is 1.12. The summed E-state index contributed by atoms with van der Waals surface area (Å²) >= 11 is 0. The maximum Gasteiger partial charge on any atom is 0.239 e. The number of amides is 2. The van der Waals surface area contributed by atoms with Crippen molar-refractivity contribution in [3.63, 3.8) is 0 Å². The number of hydrogen-bond acceptors (Lipinski definition) is 3. The molecular formula is C14H22N2O3. The lowest BCUT2D eigenvalue weighted by Gasteiger charge is -2.18. The molecule has 0 aliphatic rings. The molecule has 1 rings (SSSR count). The van der Waals surface area contributed by atoms with E-state index in [1.54, 1.807) is 20.8 Å². The van der Waals surface area contributed by atoms with Gasteiger partial charge >= 0.3 is 0 Å². The molecule has 1 heterocycles. The van der Waals surface area contributed by atoms with Gasteiger partial charge in [0.25, 0.3) is 0 Å². The minimum Gasteiger partial charge on any atom is -0.464 e. The molecule has 0 saturated carbocycles. The SMILES string of the molecule is Cc1ccc(C(C)NC(=O)CNC(=O)C(C)(C)C)o1. The van der Waals surface area contributed by atoms with Crippen molar-refractivity contribution in [3.05, 3.63) is 23.7 Å². The number of aryl methyl sites for hydroxylation is 1. The van der Waals surface area contributed by atoms with E-state index >= 15 is 0 Å². The van der Waals surface area contributed by atoms with Crippen LogP contribution in [0, 0.1) is 12.3 Å². The van der Waals surface area contributed by atoms with Crippen molar-refractivity contribution >= 4 is 11.8 Å². The minimum atomic E-state index is -0.496. The zero-order valence-corrected chi connectivity index (χ0v) is 12.2. The Bertz CT molecular complexity index is 458. The third kappa shape index (κ3) is 4.77. The Kier molecular flexibility index (Phi) is 4.75. The van der Waals surface area contributed by atoms with Gasteiger partial charge in [-0.15, -0.1) is 0 Å². The fraction of sp³-hybridized carbons (Fsp3) is 0.571. The summed E-state index contributed by atoms with van der Waals surface area (Å²) in [5, 5.41) is 5.37. The summed E-state index contributed by atoms with van der Waals surface area (Å²) in [6.07, 6.45) is 0. The molecule has 0 aliphatic heterocycles. The molecule has 1 aromatic heterocycles. The van der Waals surface area contributed by atoms with Crippen molar-refractivity contribution in [2.24, 2.45) is 5.41 Å². The highest BCUT2D eigenvalue weighted by molar-refractivity contribution is 5.87. The highest BCUT2D eigenvalue weighted by atomic mass is 16.3. The Morgan fingerprint density at radius 3 is 2.42 bits per heavy atom. The summed E-state index contributed by atoms with van der Waals surface area (Å²) in [4.78, 5) is 23.3. The van der Waals surface area contributed by atoms with Crippen molar-refractivity contribution < 1.29 is 14.0 Å². The van der Waals surface area contributed by atoms with Gasteiger partial charge in [-0.2, -0.15) is 0 Å². The maximum atomic E-state index is 11.7. The van der Waals surface area contributed by atoms with Gasteiger partial charge in [0.2, 0.25) is 11.8 Å². The fourth-order valence-corrected chi connectivity index (χ4v) is 1.48. The molecule has 0 bridgehead atoms. The van der Waals surface area contributed by atoms with E-state index in [-0.39, 0.29) is 24.4 Å². The Balaban J connectivity index is 2.42. The summed E-state index contributed by atoms with van der Waals surface area (Å²) < 4.78 is 5.42. The van der Waals surface area contributed by atoms with Gasteiger partial charge in [-0.25, -0.2) is 0 Å².